The Morgan fingerprint density at radius 2 is 1.92 bits per heavy atom. The van der Waals surface area contributed by atoms with Gasteiger partial charge in [-0.1, -0.05) is 49.4 Å². The first-order valence-electron chi connectivity index (χ1n) is 14.3. The molecule has 1 aromatic carbocycles. The van der Waals surface area contributed by atoms with Crippen molar-refractivity contribution in [2.75, 3.05) is 13.7 Å². The first kappa shape index (κ1) is 28.1. The van der Waals surface area contributed by atoms with Gasteiger partial charge < -0.3 is 18.9 Å². The minimum atomic E-state index is -0.613. The number of cyclic esters (lactones) is 1. The van der Waals surface area contributed by atoms with Gasteiger partial charge in [0, 0.05) is 6.04 Å². The summed E-state index contributed by atoms with van der Waals surface area (Å²) in [7, 11) is 1.40. The zero-order valence-electron chi connectivity index (χ0n) is 24.0. The molecule has 1 saturated heterocycles. The van der Waals surface area contributed by atoms with Crippen LogP contribution < -0.4 is 5.32 Å². The molecule has 2 saturated carbocycles. The molecule has 4 unspecified atom stereocenters. The highest BCUT2D eigenvalue weighted by molar-refractivity contribution is 5.92. The normalized spacial score (nSPS) is 34.9. The smallest absolute Gasteiger partial charge is 0.335 e. The molecule has 0 aromatic heterocycles. The summed E-state index contributed by atoms with van der Waals surface area (Å²) in [5.74, 6) is -0.879. The maximum absolute atomic E-state index is 13.0. The number of fused-ring (bicyclic) bond motifs is 3. The molecule has 5 rings (SSSR count). The predicted molar refractivity (Wildman–Crippen MR) is 148 cm³/mol. The standard InChI is InChI=1S/C32H43NO6/c1-20-12-13-26-31(4,16-14-27-32(26,5)39-30(2,3)38-27)23(20)19-24(22-15-17-37-28(22)34)33-25(29(35)36-6)18-21-10-8-7-9-11-21/h7-11,15,23-27,33H,1,12-14,16-19H2,2-6H3/t23-,24?,25?,26?,27+,31+,32?/m0/s1. The average molecular weight is 538 g/mol. The molecule has 7 heteroatoms. The molecule has 1 aromatic rings. The van der Waals surface area contributed by atoms with Crippen LogP contribution in [0.3, 0.4) is 0 Å². The van der Waals surface area contributed by atoms with Gasteiger partial charge in [0.25, 0.3) is 0 Å². The monoisotopic (exact) mass is 537 g/mol. The lowest BCUT2D eigenvalue weighted by Crippen LogP contribution is -2.60. The van der Waals surface area contributed by atoms with E-state index in [1.807, 2.05) is 50.3 Å². The number of esters is 2. The third-order valence-electron chi connectivity index (χ3n) is 9.78. The number of ether oxygens (including phenoxy) is 4. The summed E-state index contributed by atoms with van der Waals surface area (Å²) in [5.41, 5.74) is 2.32. The number of methoxy groups -OCH3 is 1. The summed E-state index contributed by atoms with van der Waals surface area (Å²) in [6.45, 7) is 13.4. The molecule has 212 valence electrons. The highest BCUT2D eigenvalue weighted by Crippen LogP contribution is 2.63. The molecule has 2 aliphatic heterocycles. The molecule has 7 nitrogen and oxygen atoms in total. The van der Waals surface area contributed by atoms with Gasteiger partial charge >= 0.3 is 11.9 Å². The van der Waals surface area contributed by atoms with Gasteiger partial charge in [0.05, 0.1) is 24.4 Å². The van der Waals surface area contributed by atoms with E-state index < -0.39 is 11.8 Å². The predicted octanol–water partition coefficient (Wildman–Crippen LogP) is 4.89. The lowest BCUT2D eigenvalue weighted by Gasteiger charge is -2.58. The fraction of sp³-hybridized carbons (Fsp3) is 0.625. The number of benzene rings is 1. The molecule has 1 N–H and O–H groups in total. The van der Waals surface area contributed by atoms with Crippen molar-refractivity contribution in [3.63, 3.8) is 0 Å². The summed E-state index contributed by atoms with van der Waals surface area (Å²) in [4.78, 5) is 25.8. The van der Waals surface area contributed by atoms with E-state index in [9.17, 15) is 9.59 Å². The second kappa shape index (κ2) is 10.5. The van der Waals surface area contributed by atoms with Crippen LogP contribution in [0.15, 0.2) is 54.1 Å². The Bertz CT molecular complexity index is 1140. The van der Waals surface area contributed by atoms with E-state index in [0.717, 1.165) is 31.2 Å². The van der Waals surface area contributed by atoms with Gasteiger partial charge in [0.15, 0.2) is 5.79 Å². The molecule has 2 aliphatic carbocycles. The molecule has 0 bridgehead atoms. The van der Waals surface area contributed by atoms with E-state index in [4.69, 9.17) is 18.9 Å². The highest BCUT2D eigenvalue weighted by atomic mass is 16.8. The molecule has 39 heavy (non-hydrogen) atoms. The SMILES string of the molecule is C=C1CCC2C3(C)OC(C)(C)O[C@@H]3CC[C@]2(C)[C@H]1CC(NC(Cc1ccccc1)C(=O)OC)C1=CCOC1=O. The molecule has 0 amide bonds. The summed E-state index contributed by atoms with van der Waals surface area (Å²) < 4.78 is 23.5. The molecule has 0 radical (unpaired) electrons. The summed E-state index contributed by atoms with van der Waals surface area (Å²) in [6.07, 6.45) is 6.81. The van der Waals surface area contributed by atoms with Gasteiger partial charge in [-0.05, 0) is 88.2 Å². The molecular formula is C32H43NO6. The number of hydrogen-bond acceptors (Lipinski definition) is 7. The van der Waals surface area contributed by atoms with E-state index >= 15 is 0 Å². The molecule has 7 atom stereocenters. The van der Waals surface area contributed by atoms with Crippen LogP contribution in [0.1, 0.15) is 65.4 Å². The largest absolute Gasteiger partial charge is 0.468 e. The van der Waals surface area contributed by atoms with E-state index in [1.165, 1.54) is 12.7 Å². The second-order valence-electron chi connectivity index (χ2n) is 12.6. The van der Waals surface area contributed by atoms with Crippen LogP contribution >= 0.6 is 0 Å². The fourth-order valence-electron chi connectivity index (χ4n) is 8.05. The lowest BCUT2D eigenvalue weighted by atomic mass is 9.49. The van der Waals surface area contributed by atoms with Crippen molar-refractivity contribution >= 4 is 11.9 Å². The molecule has 3 fully saturated rings. The summed E-state index contributed by atoms with van der Waals surface area (Å²) >= 11 is 0. The lowest BCUT2D eigenvalue weighted by molar-refractivity contribution is -0.187. The Labute approximate surface area is 232 Å². The summed E-state index contributed by atoms with van der Waals surface area (Å²) in [5, 5.41) is 3.53. The van der Waals surface area contributed by atoms with E-state index in [2.05, 4.69) is 25.7 Å². The number of hydrogen-bond donors (Lipinski definition) is 1. The van der Waals surface area contributed by atoms with Gasteiger partial charge in [-0.25, -0.2) is 4.79 Å². The van der Waals surface area contributed by atoms with E-state index in [0.29, 0.717) is 18.4 Å². The van der Waals surface area contributed by atoms with Crippen molar-refractivity contribution in [3.05, 3.63) is 59.7 Å². The molecule has 2 heterocycles. The zero-order valence-corrected chi connectivity index (χ0v) is 24.0. The van der Waals surface area contributed by atoms with Gasteiger partial charge in [-0.2, -0.15) is 0 Å². The van der Waals surface area contributed by atoms with Crippen LogP contribution in [0.5, 0.6) is 0 Å². The zero-order chi connectivity index (χ0) is 28.0. The topological polar surface area (TPSA) is 83.1 Å². The van der Waals surface area contributed by atoms with Crippen LogP contribution in [-0.4, -0.2) is 55.2 Å². The Morgan fingerprint density at radius 3 is 2.59 bits per heavy atom. The van der Waals surface area contributed by atoms with Crippen LogP contribution in [0.25, 0.3) is 0 Å². The van der Waals surface area contributed by atoms with Crippen molar-refractivity contribution in [1.29, 1.82) is 0 Å². The highest BCUT2D eigenvalue weighted by Gasteiger charge is 2.64. The minimum absolute atomic E-state index is 0.0635. The number of nitrogens with one attached hydrogen (secondary N) is 1. The van der Waals surface area contributed by atoms with Crippen LogP contribution in [0.2, 0.25) is 0 Å². The quantitative estimate of drug-likeness (QED) is 0.373. The van der Waals surface area contributed by atoms with Gasteiger partial charge in [-0.15, -0.1) is 0 Å². The third-order valence-corrected chi connectivity index (χ3v) is 9.78. The van der Waals surface area contributed by atoms with Crippen molar-refractivity contribution in [1.82, 2.24) is 5.32 Å². The van der Waals surface area contributed by atoms with Crippen molar-refractivity contribution in [2.24, 2.45) is 17.3 Å². The fourth-order valence-corrected chi connectivity index (χ4v) is 8.05. The average Bonchev–Trinajstić information content (AvgIpc) is 3.43. The first-order chi connectivity index (χ1) is 18.5. The molecule has 4 aliphatic rings. The maximum Gasteiger partial charge on any atom is 0.335 e. The van der Waals surface area contributed by atoms with Crippen molar-refractivity contribution < 1.29 is 28.5 Å². The van der Waals surface area contributed by atoms with Crippen molar-refractivity contribution in [3.8, 4) is 0 Å². The number of rotatable bonds is 8. The Morgan fingerprint density at radius 1 is 1.18 bits per heavy atom. The van der Waals surface area contributed by atoms with Crippen LogP contribution in [0.4, 0.5) is 0 Å². The minimum Gasteiger partial charge on any atom is -0.468 e. The molecule has 0 spiro atoms. The van der Waals surface area contributed by atoms with E-state index in [-0.39, 0.29) is 53.5 Å². The van der Waals surface area contributed by atoms with Gasteiger partial charge in [-0.3, -0.25) is 10.1 Å². The number of allylic oxidation sites excluding steroid dienone is 1. The van der Waals surface area contributed by atoms with Crippen molar-refractivity contribution in [2.45, 2.75) is 95.8 Å². The second-order valence-corrected chi connectivity index (χ2v) is 12.6. The molecular weight excluding hydrogens is 494 g/mol. The summed E-state index contributed by atoms with van der Waals surface area (Å²) in [6, 6.07) is 8.86. The first-order valence-corrected chi connectivity index (χ1v) is 14.3. The van der Waals surface area contributed by atoms with Gasteiger partial charge in [0.2, 0.25) is 0 Å². The number of carbonyl (C=O) groups is 2. The van der Waals surface area contributed by atoms with E-state index in [1.54, 1.807) is 0 Å². The number of carbonyl (C=O) groups excluding carboxylic acids is 2. The maximum atomic E-state index is 13.0. The Balaban J connectivity index is 1.45. The van der Waals surface area contributed by atoms with Crippen LogP contribution in [0, 0.1) is 17.3 Å². The van der Waals surface area contributed by atoms with Crippen LogP contribution in [-0.2, 0) is 35.0 Å². The van der Waals surface area contributed by atoms with Gasteiger partial charge in [0.1, 0.15) is 12.6 Å². The Kier molecular flexibility index (Phi) is 7.55. The third kappa shape index (κ3) is 5.21. The Hall–Kier alpha value is -2.48.